The zero-order valence-electron chi connectivity index (χ0n) is 17.2. The third-order valence-electron chi connectivity index (χ3n) is 5.67. The number of aromatic nitrogens is 2. The van der Waals surface area contributed by atoms with Crippen molar-refractivity contribution in [3.8, 4) is 11.1 Å². The minimum Gasteiger partial charge on any atom is -0.385 e. The minimum absolute atomic E-state index is 0.513. The molecule has 0 radical (unpaired) electrons. The van der Waals surface area contributed by atoms with Crippen molar-refractivity contribution in [1.29, 1.82) is 0 Å². The van der Waals surface area contributed by atoms with E-state index in [0.29, 0.717) is 31.2 Å². The van der Waals surface area contributed by atoms with Crippen molar-refractivity contribution in [2.75, 3.05) is 13.1 Å². The van der Waals surface area contributed by atoms with Gasteiger partial charge in [0.05, 0.1) is 12.1 Å². The van der Waals surface area contributed by atoms with Crippen LogP contribution < -0.4 is 0 Å². The van der Waals surface area contributed by atoms with Crippen LogP contribution in [0.3, 0.4) is 0 Å². The van der Waals surface area contributed by atoms with Crippen LogP contribution in [0.4, 0.5) is 0 Å². The zero-order valence-corrected chi connectivity index (χ0v) is 17.2. The number of likely N-dealkylation sites (tertiary alicyclic amines) is 1. The van der Waals surface area contributed by atoms with Crippen LogP contribution >= 0.6 is 0 Å². The Kier molecular flexibility index (Phi) is 5.79. The van der Waals surface area contributed by atoms with Crippen LogP contribution in [0.15, 0.2) is 59.1 Å². The first kappa shape index (κ1) is 19.8. The van der Waals surface area contributed by atoms with Gasteiger partial charge in [-0.05, 0) is 35.4 Å². The molecule has 0 atom stereocenters. The fourth-order valence-corrected chi connectivity index (χ4v) is 3.97. The molecule has 4 rings (SSSR count). The summed E-state index contributed by atoms with van der Waals surface area (Å²) in [7, 11) is 0. The minimum atomic E-state index is -0.774. The van der Waals surface area contributed by atoms with Crippen molar-refractivity contribution in [2.24, 2.45) is 5.92 Å². The molecule has 0 bridgehead atoms. The third-order valence-corrected chi connectivity index (χ3v) is 5.67. The summed E-state index contributed by atoms with van der Waals surface area (Å²) in [5.74, 6) is 1.96. The molecule has 0 aliphatic carbocycles. The predicted molar refractivity (Wildman–Crippen MR) is 113 cm³/mol. The Bertz CT molecular complexity index is 911. The highest BCUT2D eigenvalue weighted by molar-refractivity contribution is 5.63. The molecular formula is C24H29N3O2. The monoisotopic (exact) mass is 391 g/mol. The number of rotatable bonds is 6. The van der Waals surface area contributed by atoms with Gasteiger partial charge in [0.1, 0.15) is 0 Å². The highest BCUT2D eigenvalue weighted by Gasteiger charge is 2.34. The van der Waals surface area contributed by atoms with Crippen molar-refractivity contribution in [3.63, 3.8) is 0 Å². The summed E-state index contributed by atoms with van der Waals surface area (Å²) in [5, 5.41) is 15.3. The van der Waals surface area contributed by atoms with Crippen LogP contribution in [0.25, 0.3) is 11.1 Å². The second-order valence-corrected chi connectivity index (χ2v) is 8.45. The van der Waals surface area contributed by atoms with Gasteiger partial charge >= 0.3 is 0 Å². The van der Waals surface area contributed by atoms with Gasteiger partial charge in [0, 0.05) is 19.5 Å². The lowest BCUT2D eigenvalue weighted by atomic mass is 9.84. The van der Waals surface area contributed by atoms with Crippen LogP contribution in [0, 0.1) is 5.92 Å². The van der Waals surface area contributed by atoms with E-state index in [-0.39, 0.29) is 0 Å². The largest absolute Gasteiger partial charge is 0.385 e. The lowest BCUT2D eigenvalue weighted by molar-refractivity contribution is -0.0295. The van der Waals surface area contributed by atoms with Crippen LogP contribution in [0.1, 0.15) is 44.0 Å². The molecule has 1 fully saturated rings. The third kappa shape index (κ3) is 4.74. The van der Waals surface area contributed by atoms with E-state index in [2.05, 4.69) is 65.3 Å². The van der Waals surface area contributed by atoms with E-state index < -0.39 is 5.60 Å². The number of hydrogen-bond donors (Lipinski definition) is 1. The predicted octanol–water partition coefficient (Wildman–Crippen LogP) is 4.42. The molecule has 5 heteroatoms. The van der Waals surface area contributed by atoms with Gasteiger partial charge in [-0.3, -0.25) is 4.90 Å². The number of aliphatic hydroxyl groups is 1. The Morgan fingerprint density at radius 3 is 2.31 bits per heavy atom. The Morgan fingerprint density at radius 2 is 1.66 bits per heavy atom. The summed E-state index contributed by atoms with van der Waals surface area (Å²) < 4.78 is 5.39. The molecule has 1 aliphatic rings. The van der Waals surface area contributed by atoms with E-state index in [4.69, 9.17) is 4.52 Å². The average molecular weight is 392 g/mol. The number of hydrogen-bond acceptors (Lipinski definition) is 5. The molecular weight excluding hydrogens is 362 g/mol. The van der Waals surface area contributed by atoms with E-state index >= 15 is 0 Å². The van der Waals surface area contributed by atoms with Crippen LogP contribution in [0.5, 0.6) is 0 Å². The highest BCUT2D eigenvalue weighted by Crippen LogP contribution is 2.34. The standard InChI is InChI=1S/C24H29N3O2/c1-18(2)16-22-25-23(29-26-22)17-27-14-12-24(28,13-15-27)21-10-8-20(9-11-21)19-6-4-3-5-7-19/h3-11,18,28H,12-17H2,1-2H3. The quantitative estimate of drug-likeness (QED) is 0.674. The van der Waals surface area contributed by atoms with E-state index in [1.807, 2.05) is 18.2 Å². The molecule has 2 aromatic carbocycles. The number of piperidine rings is 1. The molecule has 1 saturated heterocycles. The molecule has 0 amide bonds. The summed E-state index contributed by atoms with van der Waals surface area (Å²) >= 11 is 0. The van der Waals surface area contributed by atoms with Crippen molar-refractivity contribution in [3.05, 3.63) is 71.9 Å². The zero-order chi connectivity index (χ0) is 20.3. The Morgan fingerprint density at radius 1 is 1.00 bits per heavy atom. The maximum Gasteiger partial charge on any atom is 0.240 e. The van der Waals surface area contributed by atoms with Crippen molar-refractivity contribution in [1.82, 2.24) is 15.0 Å². The van der Waals surface area contributed by atoms with Crippen molar-refractivity contribution >= 4 is 0 Å². The maximum atomic E-state index is 11.2. The first-order valence-electron chi connectivity index (χ1n) is 10.4. The first-order chi connectivity index (χ1) is 14.0. The SMILES string of the molecule is CC(C)Cc1noc(CN2CCC(O)(c3ccc(-c4ccccc4)cc3)CC2)n1. The summed E-state index contributed by atoms with van der Waals surface area (Å²) in [4.78, 5) is 6.77. The van der Waals surface area contributed by atoms with Crippen LogP contribution in [-0.4, -0.2) is 33.2 Å². The maximum absolute atomic E-state index is 11.2. The van der Waals surface area contributed by atoms with Crippen molar-refractivity contribution in [2.45, 2.75) is 45.3 Å². The summed E-state index contributed by atoms with van der Waals surface area (Å²) in [6.07, 6.45) is 2.23. The summed E-state index contributed by atoms with van der Waals surface area (Å²) in [6.45, 7) is 6.55. The molecule has 1 aromatic heterocycles. The average Bonchev–Trinajstić information content (AvgIpc) is 3.17. The first-order valence-corrected chi connectivity index (χ1v) is 10.4. The molecule has 3 aromatic rings. The topological polar surface area (TPSA) is 62.4 Å². The van der Waals surface area contributed by atoms with Gasteiger partial charge in [-0.15, -0.1) is 0 Å². The number of benzene rings is 2. The lowest BCUT2D eigenvalue weighted by Crippen LogP contribution is -2.42. The summed E-state index contributed by atoms with van der Waals surface area (Å²) in [6, 6.07) is 18.6. The molecule has 1 aliphatic heterocycles. The lowest BCUT2D eigenvalue weighted by Gasteiger charge is -2.38. The second kappa shape index (κ2) is 8.47. The molecule has 0 saturated carbocycles. The Labute approximate surface area is 172 Å². The molecule has 5 nitrogen and oxygen atoms in total. The van der Waals surface area contributed by atoms with E-state index in [9.17, 15) is 5.11 Å². The Balaban J connectivity index is 1.36. The fourth-order valence-electron chi connectivity index (χ4n) is 3.97. The molecule has 29 heavy (non-hydrogen) atoms. The molecule has 2 heterocycles. The fraction of sp³-hybridized carbons (Fsp3) is 0.417. The summed E-state index contributed by atoms with van der Waals surface area (Å²) in [5.41, 5.74) is 2.58. The van der Waals surface area contributed by atoms with E-state index in [0.717, 1.165) is 30.9 Å². The smallest absolute Gasteiger partial charge is 0.240 e. The highest BCUT2D eigenvalue weighted by atomic mass is 16.5. The van der Waals surface area contributed by atoms with Gasteiger partial charge in [-0.25, -0.2) is 0 Å². The molecule has 0 spiro atoms. The molecule has 152 valence electrons. The molecule has 1 N–H and O–H groups in total. The van der Waals surface area contributed by atoms with Gasteiger partial charge in [-0.2, -0.15) is 4.98 Å². The van der Waals surface area contributed by atoms with E-state index in [1.54, 1.807) is 0 Å². The normalized spacial score (nSPS) is 17.0. The van der Waals surface area contributed by atoms with Gasteiger partial charge in [0.25, 0.3) is 0 Å². The van der Waals surface area contributed by atoms with Gasteiger partial charge in [-0.1, -0.05) is 73.6 Å². The molecule has 0 unspecified atom stereocenters. The van der Waals surface area contributed by atoms with Crippen LogP contribution in [0.2, 0.25) is 0 Å². The van der Waals surface area contributed by atoms with Gasteiger partial charge in [0.15, 0.2) is 5.82 Å². The van der Waals surface area contributed by atoms with E-state index in [1.165, 1.54) is 11.1 Å². The van der Waals surface area contributed by atoms with Crippen LogP contribution in [-0.2, 0) is 18.6 Å². The number of nitrogens with zero attached hydrogens (tertiary/aromatic N) is 3. The Hall–Kier alpha value is -2.50. The van der Waals surface area contributed by atoms with Crippen molar-refractivity contribution < 1.29 is 9.63 Å². The van der Waals surface area contributed by atoms with Gasteiger partial charge in [0.2, 0.25) is 5.89 Å². The second-order valence-electron chi connectivity index (χ2n) is 8.45. The van der Waals surface area contributed by atoms with Gasteiger partial charge < -0.3 is 9.63 Å².